The molecule has 0 aliphatic carbocycles. The molecule has 0 bridgehead atoms. The molecule has 0 amide bonds. The topological polar surface area (TPSA) is 53.0 Å². The average Bonchev–Trinajstić information content (AvgIpc) is 2.53. The summed E-state index contributed by atoms with van der Waals surface area (Å²) in [6, 6.07) is 5.55. The van der Waals surface area contributed by atoms with Crippen LogP contribution in [-0.2, 0) is 0 Å². The molecule has 1 heterocycles. The normalized spacial score (nSPS) is 10.2. The van der Waals surface area contributed by atoms with Gasteiger partial charge in [0.2, 0.25) is 11.9 Å². The number of aromatic nitrogens is 2. The summed E-state index contributed by atoms with van der Waals surface area (Å²) in [6.07, 6.45) is 1.17. The third kappa shape index (κ3) is 1.48. The molecule has 5 heteroatoms. The maximum absolute atomic E-state index is 12.5. The zero-order valence-electron chi connectivity index (χ0n) is 6.48. The van der Waals surface area contributed by atoms with Gasteiger partial charge in [-0.1, -0.05) is 0 Å². The van der Waals surface area contributed by atoms with E-state index in [4.69, 9.17) is 0 Å². The summed E-state index contributed by atoms with van der Waals surface area (Å²) in [6.45, 7) is 0. The van der Waals surface area contributed by atoms with Gasteiger partial charge in [-0.05, 0) is 16.8 Å². The second-order valence-electron chi connectivity index (χ2n) is 2.44. The van der Waals surface area contributed by atoms with Gasteiger partial charge in [-0.15, -0.1) is 0 Å². The Kier molecular flexibility index (Phi) is 1.70. The molecule has 2 aromatic rings. The molecule has 1 aromatic heterocycles. The Morgan fingerprint density at radius 2 is 2.00 bits per heavy atom. The fourth-order valence-electron chi connectivity index (χ4n) is 0.947. The zero-order chi connectivity index (χ0) is 9.26. The van der Waals surface area contributed by atoms with Crippen LogP contribution in [-0.4, -0.2) is 5.27 Å². The van der Waals surface area contributed by atoms with Crippen LogP contribution in [0.25, 0.3) is 5.69 Å². The van der Waals surface area contributed by atoms with Crippen molar-refractivity contribution in [1.82, 2.24) is 5.27 Å². The molecule has 0 unspecified atom stereocenters. The molecule has 0 N–H and O–H groups in total. The Bertz CT molecular complexity index is 410. The summed E-state index contributed by atoms with van der Waals surface area (Å²) in [5.74, 6) is -0.875. The molecule has 13 heavy (non-hydrogen) atoms. The van der Waals surface area contributed by atoms with E-state index in [1.54, 1.807) is 0 Å². The average molecular weight is 180 g/mol. The van der Waals surface area contributed by atoms with E-state index in [1.165, 1.54) is 35.1 Å². The van der Waals surface area contributed by atoms with Gasteiger partial charge in [0.1, 0.15) is 11.8 Å². The van der Waals surface area contributed by atoms with Gasteiger partial charge in [0.25, 0.3) is 0 Å². The van der Waals surface area contributed by atoms with Crippen molar-refractivity contribution in [3.8, 4) is 11.6 Å². The van der Waals surface area contributed by atoms with Gasteiger partial charge in [-0.3, -0.25) is 0 Å². The number of halogens is 1. The van der Waals surface area contributed by atoms with Crippen LogP contribution in [0.1, 0.15) is 0 Å². The molecule has 0 aliphatic rings. The van der Waals surface area contributed by atoms with Crippen LogP contribution in [0.4, 0.5) is 4.39 Å². The first kappa shape index (κ1) is 7.72. The minimum absolute atomic E-state index is 0.338. The summed E-state index contributed by atoms with van der Waals surface area (Å²) in [4.78, 5) is 0. The highest BCUT2D eigenvalue weighted by molar-refractivity contribution is 5.21. The monoisotopic (exact) mass is 180 g/mol. The van der Waals surface area contributed by atoms with Crippen molar-refractivity contribution in [2.75, 3.05) is 0 Å². The third-order valence-corrected chi connectivity index (χ3v) is 1.54. The third-order valence-electron chi connectivity index (χ3n) is 1.54. The maximum atomic E-state index is 12.5. The second-order valence-corrected chi connectivity index (χ2v) is 2.44. The van der Waals surface area contributed by atoms with E-state index >= 15 is 0 Å². The molecule has 0 aliphatic heterocycles. The van der Waals surface area contributed by atoms with Gasteiger partial charge < -0.3 is 9.63 Å². The lowest BCUT2D eigenvalue weighted by molar-refractivity contribution is -0.670. The lowest BCUT2D eigenvalue weighted by Gasteiger charge is -1.87. The molecule has 2 rings (SSSR count). The molecule has 0 saturated carbocycles. The number of nitrogens with zero attached hydrogens (tertiary/aromatic N) is 2. The van der Waals surface area contributed by atoms with Gasteiger partial charge in [0.15, 0.2) is 0 Å². The molecule has 0 saturated heterocycles. The second kappa shape index (κ2) is 2.85. The minimum Gasteiger partial charge on any atom is -0.539 e. The van der Waals surface area contributed by atoms with Crippen molar-refractivity contribution >= 4 is 0 Å². The van der Waals surface area contributed by atoms with Crippen molar-refractivity contribution in [3.63, 3.8) is 0 Å². The lowest BCUT2D eigenvalue weighted by atomic mass is 10.3. The van der Waals surface area contributed by atoms with Gasteiger partial charge >= 0.3 is 0 Å². The highest BCUT2D eigenvalue weighted by atomic mass is 19.1. The van der Waals surface area contributed by atoms with Crippen LogP contribution in [0.3, 0.4) is 0 Å². The molecule has 4 nitrogen and oxygen atoms in total. The zero-order valence-corrected chi connectivity index (χ0v) is 6.48. The highest BCUT2D eigenvalue weighted by Crippen LogP contribution is 2.03. The first-order valence-electron chi connectivity index (χ1n) is 3.57. The SMILES string of the molecule is [O-]c1c[n+](-c2ccc(F)cc2)no1. The summed E-state index contributed by atoms with van der Waals surface area (Å²) in [5, 5.41) is 14.0. The Morgan fingerprint density at radius 1 is 1.31 bits per heavy atom. The largest absolute Gasteiger partial charge is 0.539 e. The first-order chi connectivity index (χ1) is 6.25. The summed E-state index contributed by atoms with van der Waals surface area (Å²) in [7, 11) is 0. The van der Waals surface area contributed by atoms with Crippen molar-refractivity contribution in [1.29, 1.82) is 0 Å². The molecule has 0 atom stereocenters. The fraction of sp³-hybridized carbons (Fsp3) is 0. The molecule has 66 valence electrons. The summed E-state index contributed by atoms with van der Waals surface area (Å²) in [5.41, 5.74) is 0.576. The Labute approximate surface area is 72.8 Å². The first-order valence-corrected chi connectivity index (χ1v) is 3.57. The predicted molar refractivity (Wildman–Crippen MR) is 37.4 cm³/mol. The van der Waals surface area contributed by atoms with Crippen LogP contribution < -0.4 is 9.79 Å². The predicted octanol–water partition coefficient (Wildman–Crippen LogP) is 0.164. The number of benzene rings is 1. The van der Waals surface area contributed by atoms with E-state index in [9.17, 15) is 9.50 Å². The quantitative estimate of drug-likeness (QED) is 0.587. The van der Waals surface area contributed by atoms with Crippen molar-refractivity contribution < 1.29 is 18.7 Å². The van der Waals surface area contributed by atoms with Gasteiger partial charge in [0, 0.05) is 12.1 Å². The van der Waals surface area contributed by atoms with Crippen molar-refractivity contribution in [3.05, 3.63) is 36.3 Å². The standard InChI is InChI=1S/C8H5FN2O2/c9-6-1-3-7(4-2-6)11-5-8(12)13-10-11/h1-5H. The van der Waals surface area contributed by atoms with E-state index in [2.05, 4.69) is 9.79 Å². The Morgan fingerprint density at radius 3 is 2.54 bits per heavy atom. The van der Waals surface area contributed by atoms with Gasteiger partial charge in [0.05, 0.1) is 5.27 Å². The van der Waals surface area contributed by atoms with Crippen molar-refractivity contribution in [2.45, 2.75) is 0 Å². The Hall–Kier alpha value is -1.91. The minimum atomic E-state index is -0.538. The summed E-state index contributed by atoms with van der Waals surface area (Å²) < 4.78 is 18.0. The molecular formula is C8H5FN2O2. The van der Waals surface area contributed by atoms with Crippen LogP contribution in [0.2, 0.25) is 0 Å². The smallest absolute Gasteiger partial charge is 0.239 e. The van der Waals surface area contributed by atoms with E-state index in [-0.39, 0.29) is 5.82 Å². The maximum Gasteiger partial charge on any atom is 0.239 e. The van der Waals surface area contributed by atoms with E-state index in [0.717, 1.165) is 0 Å². The lowest BCUT2D eigenvalue weighted by Crippen LogP contribution is -2.31. The Balaban J connectivity index is 2.41. The molecule has 1 aromatic carbocycles. The van der Waals surface area contributed by atoms with E-state index in [0.29, 0.717) is 5.69 Å². The van der Waals surface area contributed by atoms with E-state index in [1.807, 2.05) is 0 Å². The molecule has 0 fully saturated rings. The number of hydrogen-bond donors (Lipinski definition) is 0. The molecule has 0 radical (unpaired) electrons. The number of rotatable bonds is 1. The summed E-state index contributed by atoms with van der Waals surface area (Å²) >= 11 is 0. The highest BCUT2D eigenvalue weighted by Gasteiger charge is 2.07. The van der Waals surface area contributed by atoms with Gasteiger partial charge in [-0.2, -0.15) is 0 Å². The van der Waals surface area contributed by atoms with Crippen LogP contribution >= 0.6 is 0 Å². The van der Waals surface area contributed by atoms with Gasteiger partial charge in [-0.25, -0.2) is 4.39 Å². The van der Waals surface area contributed by atoms with Crippen molar-refractivity contribution in [2.24, 2.45) is 0 Å². The fourth-order valence-corrected chi connectivity index (χ4v) is 0.947. The van der Waals surface area contributed by atoms with Crippen LogP contribution in [0.15, 0.2) is 35.0 Å². The number of hydrogen-bond acceptors (Lipinski definition) is 3. The molecular weight excluding hydrogens is 175 g/mol. The van der Waals surface area contributed by atoms with Crippen LogP contribution in [0, 0.1) is 5.82 Å². The van der Waals surface area contributed by atoms with E-state index < -0.39 is 5.95 Å². The van der Waals surface area contributed by atoms with Crippen LogP contribution in [0.5, 0.6) is 5.95 Å². The molecule has 0 spiro atoms.